The lowest BCUT2D eigenvalue weighted by atomic mass is 10.1. The fourth-order valence-corrected chi connectivity index (χ4v) is 3.01. The number of para-hydroxylation sites is 1. The number of hydrogen-bond acceptors (Lipinski definition) is 3. The largest absolute Gasteiger partial charge is 0.346 e. The number of aromatic nitrogens is 2. The van der Waals surface area contributed by atoms with Gasteiger partial charge in [0.05, 0.1) is 24.5 Å². The van der Waals surface area contributed by atoms with Crippen molar-refractivity contribution in [2.45, 2.75) is 6.29 Å². The lowest BCUT2D eigenvalue weighted by molar-refractivity contribution is -0.0436. The van der Waals surface area contributed by atoms with E-state index >= 15 is 0 Å². The van der Waals surface area contributed by atoms with E-state index in [-0.39, 0.29) is 0 Å². The molecule has 1 aromatic heterocycles. The minimum atomic E-state index is -0.477. The van der Waals surface area contributed by atoms with Crippen molar-refractivity contribution in [3.63, 3.8) is 0 Å². The molecule has 0 amide bonds. The zero-order chi connectivity index (χ0) is 15.6. The summed E-state index contributed by atoms with van der Waals surface area (Å²) in [6.45, 7) is 1.12. The molecular weight excluding hydrogens is 312 g/mol. The molecule has 116 valence electrons. The van der Waals surface area contributed by atoms with Gasteiger partial charge in [0, 0.05) is 5.56 Å². The zero-order valence-electron chi connectivity index (χ0n) is 12.4. The summed E-state index contributed by atoms with van der Waals surface area (Å²) in [5, 5.41) is 5.24. The lowest BCUT2D eigenvalue weighted by Crippen LogP contribution is -2.00. The van der Waals surface area contributed by atoms with Crippen LogP contribution in [0.25, 0.3) is 16.9 Å². The predicted molar refractivity (Wildman–Crippen MR) is 88.7 cm³/mol. The van der Waals surface area contributed by atoms with Crippen molar-refractivity contribution in [1.82, 2.24) is 9.78 Å². The summed E-state index contributed by atoms with van der Waals surface area (Å²) in [7, 11) is 0. The van der Waals surface area contributed by atoms with Gasteiger partial charge in [-0.3, -0.25) is 0 Å². The molecule has 0 unspecified atom stereocenters. The van der Waals surface area contributed by atoms with Gasteiger partial charge in [-0.2, -0.15) is 5.10 Å². The van der Waals surface area contributed by atoms with Crippen LogP contribution in [0.5, 0.6) is 0 Å². The Morgan fingerprint density at radius 2 is 1.52 bits per heavy atom. The Morgan fingerprint density at radius 3 is 2.17 bits per heavy atom. The molecule has 0 spiro atoms. The third-order valence-corrected chi connectivity index (χ3v) is 4.13. The maximum atomic E-state index is 6.63. The fraction of sp³-hybridized carbons (Fsp3) is 0.167. The van der Waals surface area contributed by atoms with Crippen molar-refractivity contribution >= 4 is 11.6 Å². The highest BCUT2D eigenvalue weighted by Crippen LogP contribution is 2.38. The molecule has 23 heavy (non-hydrogen) atoms. The monoisotopic (exact) mass is 326 g/mol. The second-order valence-corrected chi connectivity index (χ2v) is 5.60. The first-order chi connectivity index (χ1) is 11.3. The van der Waals surface area contributed by atoms with Crippen molar-refractivity contribution in [3.05, 3.63) is 71.4 Å². The van der Waals surface area contributed by atoms with Crippen molar-refractivity contribution < 1.29 is 9.47 Å². The molecule has 4 rings (SSSR count). The lowest BCUT2D eigenvalue weighted by Gasteiger charge is -2.10. The minimum absolute atomic E-state index is 0.477. The van der Waals surface area contributed by atoms with E-state index in [1.165, 1.54) is 0 Å². The van der Waals surface area contributed by atoms with Crippen LogP contribution in [0.1, 0.15) is 11.9 Å². The van der Waals surface area contributed by atoms with Gasteiger partial charge < -0.3 is 9.47 Å². The first kappa shape index (κ1) is 14.5. The highest BCUT2D eigenvalue weighted by molar-refractivity contribution is 6.31. The Balaban J connectivity index is 1.90. The van der Waals surface area contributed by atoms with Gasteiger partial charge in [0.2, 0.25) is 0 Å². The summed E-state index contributed by atoms with van der Waals surface area (Å²) in [5.41, 5.74) is 3.45. The molecule has 0 N–H and O–H groups in total. The number of benzene rings is 2. The molecule has 2 aromatic carbocycles. The van der Waals surface area contributed by atoms with Crippen LogP contribution in [0.3, 0.4) is 0 Å². The molecule has 0 aliphatic carbocycles. The van der Waals surface area contributed by atoms with Gasteiger partial charge in [-0.25, -0.2) is 4.68 Å². The van der Waals surface area contributed by atoms with Crippen LogP contribution in [0, 0.1) is 0 Å². The molecule has 4 nitrogen and oxygen atoms in total. The molecule has 1 saturated heterocycles. The number of hydrogen-bond donors (Lipinski definition) is 0. The summed E-state index contributed by atoms with van der Waals surface area (Å²) in [5.74, 6) is 0. The Hall–Kier alpha value is -2.14. The summed E-state index contributed by atoms with van der Waals surface area (Å²) in [6, 6.07) is 19.7. The molecular formula is C18H15ClN2O2. The van der Waals surface area contributed by atoms with E-state index in [9.17, 15) is 0 Å². The Labute approximate surface area is 139 Å². The van der Waals surface area contributed by atoms with E-state index in [2.05, 4.69) is 0 Å². The predicted octanol–water partition coefficient (Wildman–Crippen LogP) is 4.24. The normalized spacial score (nSPS) is 15.2. The summed E-state index contributed by atoms with van der Waals surface area (Å²) >= 11 is 6.63. The SMILES string of the molecule is Clc1c(C2OCCO2)c(-c2ccccc2)nn1-c1ccccc1. The van der Waals surface area contributed by atoms with E-state index in [1.807, 2.05) is 60.7 Å². The van der Waals surface area contributed by atoms with Gasteiger partial charge in [-0.05, 0) is 12.1 Å². The van der Waals surface area contributed by atoms with Crippen LogP contribution in [0.15, 0.2) is 60.7 Å². The summed E-state index contributed by atoms with van der Waals surface area (Å²) in [6.07, 6.45) is -0.477. The third-order valence-electron chi connectivity index (χ3n) is 3.77. The highest BCUT2D eigenvalue weighted by atomic mass is 35.5. The molecule has 0 radical (unpaired) electrons. The second kappa shape index (κ2) is 6.16. The van der Waals surface area contributed by atoms with Crippen LogP contribution in [0.2, 0.25) is 5.15 Å². The summed E-state index contributed by atoms with van der Waals surface area (Å²) in [4.78, 5) is 0. The molecule has 0 bridgehead atoms. The van der Waals surface area contributed by atoms with Crippen molar-refractivity contribution in [2.75, 3.05) is 13.2 Å². The van der Waals surface area contributed by atoms with Crippen molar-refractivity contribution in [3.8, 4) is 16.9 Å². The molecule has 3 aromatic rings. The molecule has 1 aliphatic rings. The Bertz CT molecular complexity index is 797. The summed E-state index contributed by atoms with van der Waals surface area (Å²) < 4.78 is 13.1. The van der Waals surface area contributed by atoms with Crippen LogP contribution >= 0.6 is 11.6 Å². The second-order valence-electron chi connectivity index (χ2n) is 5.24. The standard InChI is InChI=1S/C18H15ClN2O2/c19-17-15(18-22-11-12-23-18)16(13-7-3-1-4-8-13)20-21(17)14-9-5-2-6-10-14/h1-10,18H,11-12H2. The van der Waals surface area contributed by atoms with E-state index in [0.29, 0.717) is 18.4 Å². The van der Waals surface area contributed by atoms with Crippen LogP contribution in [0.4, 0.5) is 0 Å². The first-order valence-corrected chi connectivity index (χ1v) is 7.85. The molecule has 0 atom stereocenters. The molecule has 1 aliphatic heterocycles. The van der Waals surface area contributed by atoms with Gasteiger partial charge in [0.1, 0.15) is 10.8 Å². The van der Waals surface area contributed by atoms with Crippen molar-refractivity contribution in [1.29, 1.82) is 0 Å². The average molecular weight is 327 g/mol. The quantitative estimate of drug-likeness (QED) is 0.722. The molecule has 2 heterocycles. The van der Waals surface area contributed by atoms with Gasteiger partial charge in [-0.1, -0.05) is 60.1 Å². The van der Waals surface area contributed by atoms with Gasteiger partial charge >= 0.3 is 0 Å². The van der Waals surface area contributed by atoms with Gasteiger partial charge in [-0.15, -0.1) is 0 Å². The fourth-order valence-electron chi connectivity index (χ4n) is 2.69. The number of ether oxygens (including phenoxy) is 2. The number of halogens is 1. The highest BCUT2D eigenvalue weighted by Gasteiger charge is 2.29. The van der Waals surface area contributed by atoms with E-state index < -0.39 is 6.29 Å². The maximum absolute atomic E-state index is 6.63. The minimum Gasteiger partial charge on any atom is -0.346 e. The Kier molecular flexibility index (Phi) is 3.87. The van der Waals surface area contributed by atoms with E-state index in [0.717, 1.165) is 22.5 Å². The van der Waals surface area contributed by atoms with Gasteiger partial charge in [0.25, 0.3) is 0 Å². The van der Waals surface area contributed by atoms with E-state index in [4.69, 9.17) is 26.2 Å². The van der Waals surface area contributed by atoms with Gasteiger partial charge in [0.15, 0.2) is 6.29 Å². The first-order valence-electron chi connectivity index (χ1n) is 7.47. The van der Waals surface area contributed by atoms with Crippen molar-refractivity contribution in [2.24, 2.45) is 0 Å². The Morgan fingerprint density at radius 1 is 0.913 bits per heavy atom. The van der Waals surface area contributed by atoms with Crippen LogP contribution in [-0.2, 0) is 9.47 Å². The average Bonchev–Trinajstić information content (AvgIpc) is 3.24. The van der Waals surface area contributed by atoms with Crippen LogP contribution in [-0.4, -0.2) is 23.0 Å². The third kappa shape index (κ3) is 2.65. The smallest absolute Gasteiger partial charge is 0.189 e. The number of nitrogens with zero attached hydrogens (tertiary/aromatic N) is 2. The molecule has 1 fully saturated rings. The topological polar surface area (TPSA) is 36.3 Å². The zero-order valence-corrected chi connectivity index (χ0v) is 13.1. The number of rotatable bonds is 3. The van der Waals surface area contributed by atoms with E-state index in [1.54, 1.807) is 4.68 Å². The molecule has 5 heteroatoms. The van der Waals surface area contributed by atoms with Crippen LogP contribution < -0.4 is 0 Å². The maximum Gasteiger partial charge on any atom is 0.189 e. The molecule has 0 saturated carbocycles.